The number of hydrogen-bond acceptors (Lipinski definition) is 5. The lowest BCUT2D eigenvalue weighted by Gasteiger charge is -2.14. The third-order valence-electron chi connectivity index (χ3n) is 4.32. The first-order chi connectivity index (χ1) is 13.1. The van der Waals surface area contributed by atoms with Crippen molar-refractivity contribution < 1.29 is 14.3 Å². The van der Waals surface area contributed by atoms with Gasteiger partial charge in [-0.1, -0.05) is 30.3 Å². The molecule has 7 heteroatoms. The number of ether oxygens (including phenoxy) is 1. The van der Waals surface area contributed by atoms with Gasteiger partial charge in [0.25, 0.3) is 5.91 Å². The van der Waals surface area contributed by atoms with Gasteiger partial charge in [-0.15, -0.1) is 0 Å². The zero-order chi connectivity index (χ0) is 19.2. The fourth-order valence-electron chi connectivity index (χ4n) is 2.87. The fraction of sp³-hybridized carbons (Fsp3) is 0.250. The van der Waals surface area contributed by atoms with Crippen LogP contribution in [0.3, 0.4) is 0 Å². The highest BCUT2D eigenvalue weighted by atomic mass is 16.5. The standard InChI is InChI=1S/C20H22N4O3/c1-22-18(20(26)24-17-9-10-23-19(17)25)15-11-14(7-8-16(15)21)27-12-13-5-3-2-4-6-13/h2-8,11,17H,9-10,12,21H2,1H3,(H,23,25)(H,24,26). The summed E-state index contributed by atoms with van der Waals surface area (Å²) in [5.41, 5.74) is 8.13. The molecule has 0 radical (unpaired) electrons. The molecule has 1 aliphatic rings. The van der Waals surface area contributed by atoms with Crippen LogP contribution in [0.1, 0.15) is 17.5 Å². The van der Waals surface area contributed by atoms with E-state index in [-0.39, 0.29) is 11.6 Å². The van der Waals surface area contributed by atoms with Gasteiger partial charge in [0.05, 0.1) is 0 Å². The summed E-state index contributed by atoms with van der Waals surface area (Å²) < 4.78 is 5.81. The lowest BCUT2D eigenvalue weighted by molar-refractivity contribution is -0.124. The molecule has 27 heavy (non-hydrogen) atoms. The zero-order valence-electron chi connectivity index (χ0n) is 15.1. The third kappa shape index (κ3) is 4.44. The number of nitrogens with zero attached hydrogens (tertiary/aromatic N) is 1. The van der Waals surface area contributed by atoms with E-state index in [1.54, 1.807) is 18.2 Å². The van der Waals surface area contributed by atoms with E-state index in [1.165, 1.54) is 7.05 Å². The molecule has 1 fully saturated rings. The van der Waals surface area contributed by atoms with Gasteiger partial charge in [-0.3, -0.25) is 14.6 Å². The van der Waals surface area contributed by atoms with Crippen LogP contribution in [0.4, 0.5) is 5.69 Å². The molecule has 1 unspecified atom stereocenters. The van der Waals surface area contributed by atoms with Crippen molar-refractivity contribution in [2.24, 2.45) is 4.99 Å². The van der Waals surface area contributed by atoms with Gasteiger partial charge in [0.2, 0.25) is 5.91 Å². The summed E-state index contributed by atoms with van der Waals surface area (Å²) in [5.74, 6) is -0.0474. The van der Waals surface area contributed by atoms with Crippen LogP contribution in [0.2, 0.25) is 0 Å². The van der Waals surface area contributed by atoms with E-state index in [4.69, 9.17) is 10.5 Å². The van der Waals surface area contributed by atoms with Crippen molar-refractivity contribution in [3.8, 4) is 5.75 Å². The number of carbonyl (C=O) groups is 2. The number of amides is 2. The van der Waals surface area contributed by atoms with Gasteiger partial charge in [-0.2, -0.15) is 0 Å². The molecule has 0 spiro atoms. The normalized spacial score (nSPS) is 16.7. The Labute approximate surface area is 157 Å². The summed E-state index contributed by atoms with van der Waals surface area (Å²) in [5, 5.41) is 5.39. The predicted molar refractivity (Wildman–Crippen MR) is 104 cm³/mol. The molecule has 0 aromatic heterocycles. The molecule has 0 saturated carbocycles. The van der Waals surface area contributed by atoms with Crippen LogP contribution in [0.15, 0.2) is 53.5 Å². The molecule has 1 heterocycles. The molecular weight excluding hydrogens is 344 g/mol. The van der Waals surface area contributed by atoms with E-state index < -0.39 is 11.9 Å². The Morgan fingerprint density at radius 3 is 2.74 bits per heavy atom. The van der Waals surface area contributed by atoms with Gasteiger partial charge in [0, 0.05) is 24.8 Å². The smallest absolute Gasteiger partial charge is 0.270 e. The van der Waals surface area contributed by atoms with Crippen LogP contribution in [0.5, 0.6) is 5.75 Å². The second kappa shape index (κ2) is 8.35. The van der Waals surface area contributed by atoms with E-state index in [0.29, 0.717) is 36.6 Å². The first-order valence-electron chi connectivity index (χ1n) is 8.70. The highest BCUT2D eigenvalue weighted by Gasteiger charge is 2.28. The first kappa shape index (κ1) is 18.4. The summed E-state index contributed by atoms with van der Waals surface area (Å²) >= 11 is 0. The lowest BCUT2D eigenvalue weighted by Crippen LogP contribution is -2.43. The summed E-state index contributed by atoms with van der Waals surface area (Å²) in [4.78, 5) is 28.4. The maximum atomic E-state index is 12.6. The van der Waals surface area contributed by atoms with E-state index >= 15 is 0 Å². The number of benzene rings is 2. The van der Waals surface area contributed by atoms with E-state index in [9.17, 15) is 9.59 Å². The van der Waals surface area contributed by atoms with Gasteiger partial charge in [-0.05, 0) is 30.2 Å². The van der Waals surface area contributed by atoms with Gasteiger partial charge in [0.1, 0.15) is 24.1 Å². The molecule has 2 aromatic rings. The number of carbonyl (C=O) groups excluding carboxylic acids is 2. The molecule has 2 amide bonds. The van der Waals surface area contributed by atoms with Crippen molar-refractivity contribution in [3.63, 3.8) is 0 Å². The molecule has 0 aliphatic carbocycles. The van der Waals surface area contributed by atoms with Crippen molar-refractivity contribution in [1.82, 2.24) is 10.6 Å². The summed E-state index contributed by atoms with van der Waals surface area (Å²) in [6, 6.07) is 14.3. The maximum absolute atomic E-state index is 12.6. The molecule has 7 nitrogen and oxygen atoms in total. The Balaban J connectivity index is 1.75. The van der Waals surface area contributed by atoms with Crippen molar-refractivity contribution in [2.45, 2.75) is 19.1 Å². The number of rotatable bonds is 6. The van der Waals surface area contributed by atoms with Crippen LogP contribution >= 0.6 is 0 Å². The minimum Gasteiger partial charge on any atom is -0.489 e. The van der Waals surface area contributed by atoms with Crippen LogP contribution in [-0.2, 0) is 16.2 Å². The van der Waals surface area contributed by atoms with Crippen LogP contribution in [0, 0.1) is 0 Å². The first-order valence-corrected chi connectivity index (χ1v) is 8.70. The third-order valence-corrected chi connectivity index (χ3v) is 4.32. The van der Waals surface area contributed by atoms with E-state index in [2.05, 4.69) is 15.6 Å². The topological polar surface area (TPSA) is 106 Å². The van der Waals surface area contributed by atoms with Crippen LogP contribution in [-0.4, -0.2) is 37.2 Å². The Kier molecular flexibility index (Phi) is 5.71. The average molecular weight is 366 g/mol. The quantitative estimate of drug-likeness (QED) is 0.529. The van der Waals surface area contributed by atoms with Crippen molar-refractivity contribution in [2.75, 3.05) is 19.3 Å². The minimum atomic E-state index is -0.548. The maximum Gasteiger partial charge on any atom is 0.270 e. The fourth-order valence-corrected chi connectivity index (χ4v) is 2.87. The Morgan fingerprint density at radius 2 is 2.07 bits per heavy atom. The van der Waals surface area contributed by atoms with Gasteiger partial charge in [0.15, 0.2) is 0 Å². The van der Waals surface area contributed by atoms with Crippen LogP contribution < -0.4 is 21.1 Å². The van der Waals surface area contributed by atoms with E-state index in [0.717, 1.165) is 5.56 Å². The molecular formula is C20H22N4O3. The van der Waals surface area contributed by atoms with Gasteiger partial charge >= 0.3 is 0 Å². The average Bonchev–Trinajstić information content (AvgIpc) is 3.08. The summed E-state index contributed by atoms with van der Waals surface area (Å²) in [7, 11) is 1.51. The van der Waals surface area contributed by atoms with Crippen LogP contribution in [0.25, 0.3) is 0 Å². The number of hydrogen-bond donors (Lipinski definition) is 3. The molecule has 0 bridgehead atoms. The van der Waals surface area contributed by atoms with Crippen molar-refractivity contribution in [3.05, 3.63) is 59.7 Å². The molecule has 1 saturated heterocycles. The van der Waals surface area contributed by atoms with E-state index in [1.807, 2.05) is 30.3 Å². The number of nitrogen functional groups attached to an aromatic ring is 1. The van der Waals surface area contributed by atoms with Gasteiger partial charge < -0.3 is 21.1 Å². The molecule has 4 N–H and O–H groups in total. The predicted octanol–water partition coefficient (Wildman–Crippen LogP) is 1.27. The number of aliphatic imine (C=N–C) groups is 1. The monoisotopic (exact) mass is 366 g/mol. The highest BCUT2D eigenvalue weighted by molar-refractivity contribution is 6.46. The second-order valence-corrected chi connectivity index (χ2v) is 6.20. The molecule has 2 aromatic carbocycles. The Morgan fingerprint density at radius 1 is 1.30 bits per heavy atom. The molecule has 140 valence electrons. The SMILES string of the molecule is CN=C(C(=O)NC1CCNC1=O)c1cc(OCc2ccccc2)ccc1N. The van der Waals surface area contributed by atoms with Gasteiger partial charge in [-0.25, -0.2) is 0 Å². The van der Waals surface area contributed by atoms with Crippen molar-refractivity contribution >= 4 is 23.2 Å². The van der Waals surface area contributed by atoms with Crippen molar-refractivity contribution in [1.29, 1.82) is 0 Å². The Bertz CT molecular complexity index is 865. The molecule has 1 aliphatic heterocycles. The minimum absolute atomic E-state index is 0.164. The molecule has 1 atom stereocenters. The zero-order valence-corrected chi connectivity index (χ0v) is 15.1. The second-order valence-electron chi connectivity index (χ2n) is 6.20. The molecule has 3 rings (SSSR count). The highest BCUT2D eigenvalue weighted by Crippen LogP contribution is 2.22. The summed E-state index contributed by atoms with van der Waals surface area (Å²) in [6.07, 6.45) is 0.553. The number of anilines is 1. The lowest BCUT2D eigenvalue weighted by atomic mass is 10.1. The largest absolute Gasteiger partial charge is 0.489 e. The number of nitrogens with one attached hydrogen (secondary N) is 2. The Hall–Kier alpha value is -3.35. The summed E-state index contributed by atoms with van der Waals surface area (Å²) in [6.45, 7) is 0.949. The number of nitrogens with two attached hydrogens (primary N) is 1.